The van der Waals surface area contributed by atoms with Crippen molar-refractivity contribution in [2.45, 2.75) is 19.8 Å². The van der Waals surface area contributed by atoms with Crippen molar-refractivity contribution in [1.29, 1.82) is 0 Å². The quantitative estimate of drug-likeness (QED) is 0.358. The zero-order valence-electron chi connectivity index (χ0n) is 9.34. The molecule has 0 amide bonds. The van der Waals surface area contributed by atoms with Crippen LogP contribution >= 0.6 is 11.6 Å². The molecular formula is C10H11ClN2O4. The molecular weight excluding hydrogens is 248 g/mol. The van der Waals surface area contributed by atoms with E-state index in [4.69, 9.17) is 16.3 Å². The molecule has 1 aromatic heterocycles. The van der Waals surface area contributed by atoms with Crippen molar-refractivity contribution in [1.82, 2.24) is 4.98 Å². The fourth-order valence-electron chi connectivity index (χ4n) is 1.21. The van der Waals surface area contributed by atoms with E-state index in [1.807, 2.05) is 0 Å². The van der Waals surface area contributed by atoms with Gasteiger partial charge in [-0.05, 0) is 19.9 Å². The largest absolute Gasteiger partial charge is 0.465 e. The minimum absolute atomic E-state index is 0.233. The molecule has 92 valence electrons. The zero-order chi connectivity index (χ0) is 13.0. The fraction of sp³-hybridized carbons (Fsp3) is 0.400. The molecule has 1 heterocycles. The molecule has 1 rings (SSSR count). The molecule has 0 N–H and O–H groups in total. The van der Waals surface area contributed by atoms with Gasteiger partial charge < -0.3 is 4.74 Å². The molecule has 0 bridgehead atoms. The van der Waals surface area contributed by atoms with Gasteiger partial charge in [0.05, 0.1) is 23.1 Å². The van der Waals surface area contributed by atoms with Crippen molar-refractivity contribution >= 4 is 23.3 Å². The van der Waals surface area contributed by atoms with Gasteiger partial charge in [-0.25, -0.2) is 4.98 Å². The summed E-state index contributed by atoms with van der Waals surface area (Å²) in [7, 11) is 0. The summed E-state index contributed by atoms with van der Waals surface area (Å²) in [5.41, 5.74) is 0.0607. The van der Waals surface area contributed by atoms with E-state index in [9.17, 15) is 14.9 Å². The number of aromatic nitrogens is 1. The van der Waals surface area contributed by atoms with Crippen LogP contribution in [0.2, 0.25) is 5.15 Å². The number of nitrogens with zero attached hydrogens (tertiary/aromatic N) is 2. The van der Waals surface area contributed by atoms with Crippen LogP contribution in [0.15, 0.2) is 12.1 Å². The van der Waals surface area contributed by atoms with Gasteiger partial charge in [-0.3, -0.25) is 14.9 Å². The third kappa shape index (κ3) is 3.13. The number of carbonyl (C=O) groups is 1. The molecule has 1 unspecified atom stereocenters. The molecule has 0 spiro atoms. The van der Waals surface area contributed by atoms with E-state index in [2.05, 4.69) is 4.98 Å². The second-order valence-electron chi connectivity index (χ2n) is 3.28. The van der Waals surface area contributed by atoms with E-state index in [1.165, 1.54) is 12.1 Å². The monoisotopic (exact) mass is 258 g/mol. The highest BCUT2D eigenvalue weighted by Crippen LogP contribution is 2.25. The standard InChI is InChI=1S/C10H11ClN2O4/c1-3-17-10(14)6(2)7-4-5-8(13(15)16)9(11)12-7/h4-6H,3H2,1-2H3. The summed E-state index contributed by atoms with van der Waals surface area (Å²) < 4.78 is 4.82. The van der Waals surface area contributed by atoms with Crippen LogP contribution < -0.4 is 0 Å². The van der Waals surface area contributed by atoms with Crippen LogP contribution in [-0.4, -0.2) is 22.5 Å². The Balaban J connectivity index is 2.97. The summed E-state index contributed by atoms with van der Waals surface area (Å²) in [5.74, 6) is -1.04. The lowest BCUT2D eigenvalue weighted by Gasteiger charge is -2.09. The minimum Gasteiger partial charge on any atom is -0.465 e. The average molecular weight is 259 g/mol. The number of carbonyl (C=O) groups excluding carboxylic acids is 1. The summed E-state index contributed by atoms with van der Waals surface area (Å²) in [6.07, 6.45) is 0. The first kappa shape index (κ1) is 13.4. The first-order valence-corrected chi connectivity index (χ1v) is 5.32. The molecule has 0 aliphatic heterocycles. The second-order valence-corrected chi connectivity index (χ2v) is 3.63. The van der Waals surface area contributed by atoms with E-state index >= 15 is 0 Å². The molecule has 0 aromatic carbocycles. The lowest BCUT2D eigenvalue weighted by atomic mass is 10.1. The van der Waals surface area contributed by atoms with Crippen LogP contribution in [0.3, 0.4) is 0 Å². The van der Waals surface area contributed by atoms with E-state index < -0.39 is 16.8 Å². The average Bonchev–Trinajstić information content (AvgIpc) is 2.27. The highest BCUT2D eigenvalue weighted by atomic mass is 35.5. The number of halogens is 1. The summed E-state index contributed by atoms with van der Waals surface area (Å²) >= 11 is 5.65. The predicted molar refractivity (Wildman–Crippen MR) is 60.9 cm³/mol. The van der Waals surface area contributed by atoms with Gasteiger partial charge in [0.1, 0.15) is 0 Å². The Morgan fingerprint density at radius 2 is 2.29 bits per heavy atom. The molecule has 0 saturated carbocycles. The molecule has 0 saturated heterocycles. The van der Waals surface area contributed by atoms with Crippen LogP contribution in [0.5, 0.6) is 0 Å². The van der Waals surface area contributed by atoms with Crippen LogP contribution in [0.4, 0.5) is 5.69 Å². The first-order valence-electron chi connectivity index (χ1n) is 4.94. The lowest BCUT2D eigenvalue weighted by Crippen LogP contribution is -2.14. The maximum absolute atomic E-state index is 11.4. The number of rotatable bonds is 4. The van der Waals surface area contributed by atoms with Gasteiger partial charge in [-0.15, -0.1) is 0 Å². The van der Waals surface area contributed by atoms with Crippen molar-refractivity contribution in [3.05, 3.63) is 33.1 Å². The number of ether oxygens (including phenoxy) is 1. The Labute approximate surface area is 103 Å². The van der Waals surface area contributed by atoms with Crippen molar-refractivity contribution in [2.24, 2.45) is 0 Å². The maximum atomic E-state index is 11.4. The van der Waals surface area contributed by atoms with Crippen molar-refractivity contribution in [3.63, 3.8) is 0 Å². The zero-order valence-corrected chi connectivity index (χ0v) is 10.1. The topological polar surface area (TPSA) is 82.3 Å². The van der Waals surface area contributed by atoms with E-state index in [0.29, 0.717) is 5.69 Å². The smallest absolute Gasteiger partial charge is 0.314 e. The summed E-state index contributed by atoms with van der Waals surface area (Å²) in [4.78, 5) is 25.2. The minimum atomic E-state index is -0.631. The number of pyridine rings is 1. The third-order valence-corrected chi connectivity index (χ3v) is 2.41. The Morgan fingerprint density at radius 1 is 1.65 bits per heavy atom. The number of hydrogen-bond donors (Lipinski definition) is 0. The summed E-state index contributed by atoms with van der Waals surface area (Å²) in [5, 5.41) is 10.3. The van der Waals surface area contributed by atoms with Crippen molar-refractivity contribution < 1.29 is 14.5 Å². The van der Waals surface area contributed by atoms with E-state index in [-0.39, 0.29) is 17.4 Å². The van der Waals surface area contributed by atoms with Crippen molar-refractivity contribution in [3.8, 4) is 0 Å². The lowest BCUT2D eigenvalue weighted by molar-refractivity contribution is -0.385. The fourth-order valence-corrected chi connectivity index (χ4v) is 1.44. The number of nitro groups is 1. The molecule has 0 fully saturated rings. The Hall–Kier alpha value is -1.69. The van der Waals surface area contributed by atoms with Gasteiger partial charge in [0.2, 0.25) is 5.15 Å². The molecule has 17 heavy (non-hydrogen) atoms. The van der Waals surface area contributed by atoms with Gasteiger partial charge >= 0.3 is 11.7 Å². The normalized spacial score (nSPS) is 11.9. The molecule has 0 aliphatic carbocycles. The molecule has 1 aromatic rings. The highest BCUT2D eigenvalue weighted by Gasteiger charge is 2.21. The first-order chi connectivity index (χ1) is 7.97. The summed E-state index contributed by atoms with van der Waals surface area (Å²) in [6.45, 7) is 3.56. The Kier molecular flexibility index (Phi) is 4.39. The molecule has 6 nitrogen and oxygen atoms in total. The van der Waals surface area contributed by atoms with Crippen LogP contribution in [0, 0.1) is 10.1 Å². The second kappa shape index (κ2) is 5.58. The van der Waals surface area contributed by atoms with E-state index in [0.717, 1.165) is 0 Å². The van der Waals surface area contributed by atoms with Gasteiger partial charge in [0.15, 0.2) is 0 Å². The third-order valence-electron chi connectivity index (χ3n) is 2.13. The van der Waals surface area contributed by atoms with Gasteiger partial charge in [0, 0.05) is 6.07 Å². The molecule has 0 radical (unpaired) electrons. The molecule has 0 aliphatic rings. The van der Waals surface area contributed by atoms with Gasteiger partial charge in [-0.1, -0.05) is 11.6 Å². The van der Waals surface area contributed by atoms with Gasteiger partial charge in [0.25, 0.3) is 0 Å². The number of hydrogen-bond acceptors (Lipinski definition) is 5. The van der Waals surface area contributed by atoms with Crippen LogP contribution in [0.1, 0.15) is 25.5 Å². The predicted octanol–water partition coefficient (Wildman–Crippen LogP) is 2.31. The van der Waals surface area contributed by atoms with Crippen molar-refractivity contribution in [2.75, 3.05) is 6.61 Å². The number of esters is 1. The highest BCUT2D eigenvalue weighted by molar-refractivity contribution is 6.31. The van der Waals surface area contributed by atoms with Gasteiger partial charge in [-0.2, -0.15) is 0 Å². The maximum Gasteiger partial charge on any atom is 0.314 e. The SMILES string of the molecule is CCOC(=O)C(C)c1ccc([N+](=O)[O-])c(Cl)n1. The van der Waals surface area contributed by atoms with Crippen LogP contribution in [0.25, 0.3) is 0 Å². The van der Waals surface area contributed by atoms with E-state index in [1.54, 1.807) is 13.8 Å². The van der Waals surface area contributed by atoms with Crippen LogP contribution in [-0.2, 0) is 9.53 Å². The molecule has 1 atom stereocenters. The summed E-state index contributed by atoms with van der Waals surface area (Å²) in [6, 6.07) is 2.62. The molecule has 7 heteroatoms. The Morgan fingerprint density at radius 3 is 2.76 bits per heavy atom. The Bertz CT molecular complexity index is 450.